The largest absolute Gasteiger partial charge is 0.324 e. The summed E-state index contributed by atoms with van der Waals surface area (Å²) in [5.74, 6) is -1.34. The number of nitrogens with one attached hydrogen (secondary N) is 1. The molecule has 0 aromatic rings. The van der Waals surface area contributed by atoms with E-state index in [4.69, 9.17) is 0 Å². The first-order chi connectivity index (χ1) is 10.1. The Bertz CT molecular complexity index is 369. The van der Waals surface area contributed by atoms with Crippen LogP contribution in [0, 0.1) is 5.92 Å². The van der Waals surface area contributed by atoms with Gasteiger partial charge in [-0.3, -0.25) is 14.9 Å². The second kappa shape index (κ2) is 9.53. The molecule has 0 radical (unpaired) electrons. The molecule has 0 bridgehead atoms. The Balaban J connectivity index is 2.17. The monoisotopic (exact) mass is 296 g/mol. The molecule has 1 atom stereocenters. The summed E-state index contributed by atoms with van der Waals surface area (Å²) in [6.07, 6.45) is 9.64. The van der Waals surface area contributed by atoms with Gasteiger partial charge in [0.25, 0.3) is 0 Å². The topological polar surface area (TPSA) is 66.5 Å². The maximum Gasteiger partial charge on any atom is 0.324 e. The minimum absolute atomic E-state index is 0.180. The number of carbonyl (C=O) groups excluding carboxylic acids is 3. The highest BCUT2D eigenvalue weighted by molar-refractivity contribution is 6.08. The van der Waals surface area contributed by atoms with Crippen LogP contribution in [0.4, 0.5) is 4.79 Å². The van der Waals surface area contributed by atoms with Crippen molar-refractivity contribution in [3.05, 3.63) is 0 Å². The van der Waals surface area contributed by atoms with Crippen molar-refractivity contribution in [1.29, 1.82) is 0 Å². The van der Waals surface area contributed by atoms with Crippen molar-refractivity contribution < 1.29 is 14.4 Å². The third-order valence-corrected chi connectivity index (χ3v) is 4.01. The molecule has 0 aliphatic carbocycles. The molecular formula is C16H28N2O3. The number of hydrogen-bond donors (Lipinski definition) is 1. The molecule has 0 aromatic heterocycles. The maximum atomic E-state index is 11.7. The van der Waals surface area contributed by atoms with Gasteiger partial charge in [0.2, 0.25) is 5.91 Å². The standard InChI is InChI=1S/C16H28N2O3/c1-3-4-5-6-7-8-9-10-11-18-12-14(13(2)19)15(20)17-16(18)21/h14H,3-12H2,1-2H3,(H,17,20,21). The molecule has 1 unspecified atom stereocenters. The fourth-order valence-electron chi connectivity index (χ4n) is 2.60. The smallest absolute Gasteiger partial charge is 0.323 e. The number of urea groups is 1. The van der Waals surface area contributed by atoms with E-state index in [1.807, 2.05) is 0 Å². The average molecular weight is 296 g/mol. The van der Waals surface area contributed by atoms with E-state index in [-0.39, 0.29) is 18.4 Å². The normalized spacial score (nSPS) is 18.8. The van der Waals surface area contributed by atoms with E-state index < -0.39 is 11.8 Å². The van der Waals surface area contributed by atoms with Crippen LogP contribution in [-0.2, 0) is 9.59 Å². The number of Topliss-reactive ketones (excluding diaryl/α,β-unsaturated/α-hetero) is 1. The molecule has 1 heterocycles. The zero-order chi connectivity index (χ0) is 15.7. The van der Waals surface area contributed by atoms with Crippen LogP contribution in [0.2, 0.25) is 0 Å². The fourth-order valence-corrected chi connectivity index (χ4v) is 2.60. The van der Waals surface area contributed by atoms with E-state index >= 15 is 0 Å². The van der Waals surface area contributed by atoms with E-state index in [1.165, 1.54) is 45.4 Å². The lowest BCUT2D eigenvalue weighted by atomic mass is 10.0. The second-order valence-electron chi connectivity index (χ2n) is 5.88. The predicted octanol–water partition coefficient (Wildman–Crippen LogP) is 2.88. The van der Waals surface area contributed by atoms with Crippen LogP contribution < -0.4 is 5.32 Å². The minimum atomic E-state index is -0.697. The summed E-state index contributed by atoms with van der Waals surface area (Å²) >= 11 is 0. The summed E-state index contributed by atoms with van der Waals surface area (Å²) in [6, 6.07) is -0.361. The quantitative estimate of drug-likeness (QED) is 0.498. The lowest BCUT2D eigenvalue weighted by Gasteiger charge is -2.30. The van der Waals surface area contributed by atoms with E-state index in [9.17, 15) is 14.4 Å². The molecule has 1 saturated heterocycles. The molecule has 1 fully saturated rings. The Hall–Kier alpha value is -1.39. The molecule has 1 aliphatic rings. The lowest BCUT2D eigenvalue weighted by molar-refractivity contribution is -0.134. The van der Waals surface area contributed by atoms with Crippen LogP contribution in [0.25, 0.3) is 0 Å². The molecule has 3 amide bonds. The summed E-state index contributed by atoms with van der Waals surface area (Å²) in [4.78, 5) is 36.2. The first-order valence-electron chi connectivity index (χ1n) is 8.16. The fraction of sp³-hybridized carbons (Fsp3) is 0.812. The van der Waals surface area contributed by atoms with Crippen LogP contribution >= 0.6 is 0 Å². The van der Waals surface area contributed by atoms with Crippen LogP contribution in [-0.4, -0.2) is 35.7 Å². The molecule has 1 aliphatic heterocycles. The number of carbonyl (C=O) groups is 3. The molecule has 0 saturated carbocycles. The van der Waals surface area contributed by atoms with Crippen molar-refractivity contribution in [2.24, 2.45) is 5.92 Å². The lowest BCUT2D eigenvalue weighted by Crippen LogP contribution is -2.56. The van der Waals surface area contributed by atoms with Gasteiger partial charge in [0.1, 0.15) is 11.7 Å². The molecule has 1 rings (SSSR count). The Morgan fingerprint density at radius 1 is 1.10 bits per heavy atom. The van der Waals surface area contributed by atoms with Gasteiger partial charge in [-0.15, -0.1) is 0 Å². The van der Waals surface area contributed by atoms with Crippen molar-refractivity contribution in [3.8, 4) is 0 Å². The number of unbranched alkanes of at least 4 members (excludes halogenated alkanes) is 7. The van der Waals surface area contributed by atoms with E-state index in [1.54, 1.807) is 4.90 Å². The van der Waals surface area contributed by atoms with Gasteiger partial charge >= 0.3 is 6.03 Å². The molecule has 5 heteroatoms. The number of imide groups is 1. The number of amides is 3. The Morgan fingerprint density at radius 2 is 1.67 bits per heavy atom. The summed E-state index contributed by atoms with van der Waals surface area (Å²) < 4.78 is 0. The zero-order valence-corrected chi connectivity index (χ0v) is 13.3. The number of rotatable bonds is 10. The predicted molar refractivity (Wildman–Crippen MR) is 81.9 cm³/mol. The van der Waals surface area contributed by atoms with Gasteiger partial charge in [-0.2, -0.15) is 0 Å². The summed E-state index contributed by atoms with van der Waals surface area (Å²) in [5.41, 5.74) is 0. The average Bonchev–Trinajstić information content (AvgIpc) is 2.43. The minimum Gasteiger partial charge on any atom is -0.323 e. The molecule has 0 spiro atoms. The van der Waals surface area contributed by atoms with Crippen LogP contribution in [0.15, 0.2) is 0 Å². The Morgan fingerprint density at radius 3 is 2.24 bits per heavy atom. The van der Waals surface area contributed by atoms with Crippen molar-refractivity contribution >= 4 is 17.7 Å². The molecule has 0 aromatic carbocycles. The van der Waals surface area contributed by atoms with Crippen molar-refractivity contribution in [3.63, 3.8) is 0 Å². The van der Waals surface area contributed by atoms with Gasteiger partial charge in [-0.05, 0) is 13.3 Å². The maximum absolute atomic E-state index is 11.7. The van der Waals surface area contributed by atoms with Crippen LogP contribution in [0.5, 0.6) is 0 Å². The Labute approximate surface area is 127 Å². The Kier molecular flexibility index (Phi) is 8.01. The third kappa shape index (κ3) is 6.27. The molecule has 1 N–H and O–H groups in total. The van der Waals surface area contributed by atoms with Gasteiger partial charge in [0, 0.05) is 13.1 Å². The number of hydrogen-bond acceptors (Lipinski definition) is 3. The molecule has 21 heavy (non-hydrogen) atoms. The summed E-state index contributed by atoms with van der Waals surface area (Å²) in [5, 5.41) is 2.26. The van der Waals surface area contributed by atoms with Gasteiger partial charge in [-0.1, -0.05) is 51.9 Å². The van der Waals surface area contributed by atoms with E-state index in [2.05, 4.69) is 12.2 Å². The molecular weight excluding hydrogens is 268 g/mol. The van der Waals surface area contributed by atoms with Crippen molar-refractivity contribution in [2.45, 2.75) is 65.2 Å². The SMILES string of the molecule is CCCCCCCCCCN1CC(C(C)=O)C(=O)NC1=O. The van der Waals surface area contributed by atoms with Crippen molar-refractivity contribution in [1.82, 2.24) is 10.2 Å². The number of nitrogens with zero attached hydrogens (tertiary/aromatic N) is 1. The molecule has 120 valence electrons. The summed E-state index contributed by atoms with van der Waals surface area (Å²) in [7, 11) is 0. The van der Waals surface area contributed by atoms with E-state index in [0.717, 1.165) is 12.8 Å². The third-order valence-electron chi connectivity index (χ3n) is 4.01. The summed E-state index contributed by atoms with van der Waals surface area (Å²) in [6.45, 7) is 4.46. The first-order valence-corrected chi connectivity index (χ1v) is 8.16. The first kappa shape index (κ1) is 17.7. The van der Waals surface area contributed by atoms with Gasteiger partial charge in [-0.25, -0.2) is 4.79 Å². The van der Waals surface area contributed by atoms with Crippen molar-refractivity contribution in [2.75, 3.05) is 13.1 Å². The van der Waals surface area contributed by atoms with Gasteiger partial charge in [0.05, 0.1) is 0 Å². The van der Waals surface area contributed by atoms with Gasteiger partial charge < -0.3 is 4.90 Å². The highest BCUT2D eigenvalue weighted by Gasteiger charge is 2.34. The highest BCUT2D eigenvalue weighted by Crippen LogP contribution is 2.12. The van der Waals surface area contributed by atoms with Crippen LogP contribution in [0.3, 0.4) is 0 Å². The highest BCUT2D eigenvalue weighted by atomic mass is 16.2. The van der Waals surface area contributed by atoms with E-state index in [0.29, 0.717) is 6.54 Å². The zero-order valence-electron chi connectivity index (χ0n) is 13.3. The second-order valence-corrected chi connectivity index (χ2v) is 5.88. The molecule has 5 nitrogen and oxygen atoms in total. The van der Waals surface area contributed by atoms with Gasteiger partial charge in [0.15, 0.2) is 0 Å². The van der Waals surface area contributed by atoms with Crippen LogP contribution in [0.1, 0.15) is 65.2 Å². The number of ketones is 1.